The number of esters is 1. The fraction of sp³-hybridized carbons (Fsp3) is 0.222. The van der Waals surface area contributed by atoms with Crippen LogP contribution in [0.15, 0.2) is 48.5 Å². The first-order valence-corrected chi connectivity index (χ1v) is 12.4. The van der Waals surface area contributed by atoms with E-state index in [0.717, 1.165) is 63.8 Å². The van der Waals surface area contributed by atoms with Crippen LogP contribution in [0.2, 0.25) is 5.02 Å². The molecule has 2 aromatic heterocycles. The van der Waals surface area contributed by atoms with Gasteiger partial charge >= 0.3 is 5.97 Å². The number of amides is 1. The Balaban J connectivity index is 1.63. The van der Waals surface area contributed by atoms with Crippen LogP contribution >= 0.6 is 22.9 Å². The SMILES string of the molecule is COC(=O)c1c(NC(=O)c2c(C)c(-c3ccc(Cl)cc3)nc3ccccc23)sc2c1CCCC2. The van der Waals surface area contributed by atoms with Crippen molar-refractivity contribution in [2.24, 2.45) is 0 Å². The van der Waals surface area contributed by atoms with Crippen LogP contribution in [-0.2, 0) is 17.6 Å². The van der Waals surface area contributed by atoms with Crippen molar-refractivity contribution in [1.82, 2.24) is 4.98 Å². The van der Waals surface area contributed by atoms with Crippen LogP contribution in [0.25, 0.3) is 22.2 Å². The third-order valence-corrected chi connectivity index (χ3v) is 7.73. The summed E-state index contributed by atoms with van der Waals surface area (Å²) in [4.78, 5) is 32.4. The van der Waals surface area contributed by atoms with Gasteiger partial charge in [-0.2, -0.15) is 0 Å². The number of thiophene rings is 1. The average Bonchev–Trinajstić information content (AvgIpc) is 3.21. The molecule has 0 aliphatic heterocycles. The molecule has 0 fully saturated rings. The predicted octanol–water partition coefficient (Wildman–Crippen LogP) is 6.84. The molecule has 0 atom stereocenters. The fourth-order valence-corrected chi connectivity index (χ4v) is 6.02. The van der Waals surface area contributed by atoms with Crippen molar-refractivity contribution in [2.45, 2.75) is 32.6 Å². The number of anilines is 1. The number of benzene rings is 2. The Hall–Kier alpha value is -3.22. The maximum Gasteiger partial charge on any atom is 0.341 e. The Morgan fingerprint density at radius 2 is 1.76 bits per heavy atom. The first-order valence-electron chi connectivity index (χ1n) is 11.2. The van der Waals surface area contributed by atoms with E-state index in [2.05, 4.69) is 5.32 Å². The Morgan fingerprint density at radius 1 is 1.03 bits per heavy atom. The zero-order valence-corrected chi connectivity index (χ0v) is 20.5. The van der Waals surface area contributed by atoms with Crippen molar-refractivity contribution < 1.29 is 14.3 Å². The Labute approximate surface area is 206 Å². The Kier molecular flexibility index (Phi) is 6.11. The molecule has 4 aromatic rings. The molecule has 1 aliphatic rings. The first-order chi connectivity index (χ1) is 16.5. The van der Waals surface area contributed by atoms with E-state index >= 15 is 0 Å². The highest BCUT2D eigenvalue weighted by molar-refractivity contribution is 7.17. The first kappa shape index (κ1) is 22.6. The number of hydrogen-bond acceptors (Lipinski definition) is 5. The number of rotatable bonds is 4. The average molecular weight is 491 g/mol. The molecule has 1 N–H and O–H groups in total. The molecule has 0 saturated heterocycles. The number of methoxy groups -OCH3 is 1. The fourth-order valence-electron chi connectivity index (χ4n) is 4.63. The molecule has 0 saturated carbocycles. The molecular weight excluding hydrogens is 468 g/mol. The lowest BCUT2D eigenvalue weighted by Crippen LogP contribution is -2.17. The number of nitrogens with zero attached hydrogens (tertiary/aromatic N) is 1. The van der Waals surface area contributed by atoms with Gasteiger partial charge in [0.05, 0.1) is 29.4 Å². The molecule has 172 valence electrons. The normalized spacial score (nSPS) is 12.9. The summed E-state index contributed by atoms with van der Waals surface area (Å²) < 4.78 is 5.06. The summed E-state index contributed by atoms with van der Waals surface area (Å²) in [5.41, 5.74) is 5.13. The molecule has 1 amide bonds. The summed E-state index contributed by atoms with van der Waals surface area (Å²) in [6.45, 7) is 1.90. The van der Waals surface area contributed by atoms with Gasteiger partial charge in [0.2, 0.25) is 0 Å². The van der Waals surface area contributed by atoms with Crippen LogP contribution in [0, 0.1) is 6.92 Å². The molecular formula is C27H23ClN2O3S. The van der Waals surface area contributed by atoms with E-state index in [-0.39, 0.29) is 5.91 Å². The topological polar surface area (TPSA) is 68.3 Å². The van der Waals surface area contributed by atoms with Gasteiger partial charge < -0.3 is 10.1 Å². The second kappa shape index (κ2) is 9.20. The van der Waals surface area contributed by atoms with Crippen molar-refractivity contribution in [3.63, 3.8) is 0 Å². The largest absolute Gasteiger partial charge is 0.465 e. The zero-order valence-electron chi connectivity index (χ0n) is 18.9. The van der Waals surface area contributed by atoms with Gasteiger partial charge in [-0.3, -0.25) is 4.79 Å². The number of aryl methyl sites for hydroxylation is 1. The molecule has 7 heteroatoms. The van der Waals surface area contributed by atoms with Crippen molar-refractivity contribution in [3.8, 4) is 11.3 Å². The van der Waals surface area contributed by atoms with Gasteiger partial charge in [-0.25, -0.2) is 9.78 Å². The Bertz CT molecular complexity index is 1430. The van der Waals surface area contributed by atoms with Gasteiger partial charge in [0.25, 0.3) is 5.91 Å². The van der Waals surface area contributed by atoms with Crippen molar-refractivity contribution in [2.75, 3.05) is 12.4 Å². The molecule has 2 aromatic carbocycles. The van der Waals surface area contributed by atoms with Crippen molar-refractivity contribution in [3.05, 3.63) is 80.7 Å². The summed E-state index contributed by atoms with van der Waals surface area (Å²) in [5, 5.41) is 5.00. The standard InChI is InChI=1S/C27H23ClN2O3S/c1-15-22(18-7-3-5-9-20(18)29-24(15)16-11-13-17(28)14-12-16)25(31)30-26-23(27(32)33-2)19-8-4-6-10-21(19)34-26/h3,5,7,9,11-14H,4,6,8,10H2,1-2H3,(H,30,31). The van der Waals surface area contributed by atoms with Crippen LogP contribution in [-0.4, -0.2) is 24.0 Å². The summed E-state index contributed by atoms with van der Waals surface area (Å²) in [6, 6.07) is 15.0. The van der Waals surface area contributed by atoms with E-state index < -0.39 is 5.97 Å². The van der Waals surface area contributed by atoms with Gasteiger partial charge in [0, 0.05) is 20.8 Å². The highest BCUT2D eigenvalue weighted by atomic mass is 35.5. The van der Waals surface area contributed by atoms with Crippen LogP contribution in [0.5, 0.6) is 0 Å². The summed E-state index contributed by atoms with van der Waals surface area (Å²) in [5.74, 6) is -0.678. The number of pyridine rings is 1. The van der Waals surface area contributed by atoms with E-state index in [9.17, 15) is 9.59 Å². The van der Waals surface area contributed by atoms with Crippen molar-refractivity contribution >= 4 is 50.7 Å². The van der Waals surface area contributed by atoms with Gasteiger partial charge in [0.15, 0.2) is 0 Å². The minimum Gasteiger partial charge on any atom is -0.465 e. The van der Waals surface area contributed by atoms with Crippen LogP contribution in [0.3, 0.4) is 0 Å². The lowest BCUT2D eigenvalue weighted by molar-refractivity contribution is 0.0601. The maximum absolute atomic E-state index is 13.8. The van der Waals surface area contributed by atoms with E-state index in [1.165, 1.54) is 18.4 Å². The summed E-state index contributed by atoms with van der Waals surface area (Å²) in [7, 11) is 1.37. The van der Waals surface area contributed by atoms with Gasteiger partial charge in [-0.15, -0.1) is 11.3 Å². The van der Waals surface area contributed by atoms with Crippen LogP contribution < -0.4 is 5.32 Å². The number of aromatic nitrogens is 1. The molecule has 0 spiro atoms. The molecule has 0 unspecified atom stereocenters. The van der Waals surface area contributed by atoms with Crippen molar-refractivity contribution in [1.29, 1.82) is 0 Å². The quantitative estimate of drug-likeness (QED) is 0.318. The van der Waals surface area contributed by atoms with Crippen LogP contribution in [0.1, 0.15) is 49.6 Å². The minimum atomic E-state index is -0.409. The van der Waals surface area contributed by atoms with Gasteiger partial charge in [0.1, 0.15) is 5.00 Å². The van der Waals surface area contributed by atoms with Gasteiger partial charge in [-0.05, 0) is 61.9 Å². The lowest BCUT2D eigenvalue weighted by Gasteiger charge is -2.15. The third kappa shape index (κ3) is 3.97. The molecule has 5 rings (SSSR count). The zero-order chi connectivity index (χ0) is 23.8. The highest BCUT2D eigenvalue weighted by Crippen LogP contribution is 2.39. The van der Waals surface area contributed by atoms with E-state index in [1.54, 1.807) is 0 Å². The molecule has 0 radical (unpaired) electrons. The van der Waals surface area contributed by atoms with E-state index in [1.807, 2.05) is 55.5 Å². The maximum atomic E-state index is 13.8. The van der Waals surface area contributed by atoms with E-state index in [4.69, 9.17) is 21.3 Å². The second-order valence-corrected chi connectivity index (χ2v) is 9.89. The second-order valence-electron chi connectivity index (χ2n) is 8.35. The number of nitrogens with one attached hydrogen (secondary N) is 1. The lowest BCUT2D eigenvalue weighted by atomic mass is 9.95. The Morgan fingerprint density at radius 3 is 2.53 bits per heavy atom. The number of para-hydroxylation sites is 1. The monoisotopic (exact) mass is 490 g/mol. The number of carbonyl (C=O) groups is 2. The predicted molar refractivity (Wildman–Crippen MR) is 137 cm³/mol. The summed E-state index contributed by atoms with van der Waals surface area (Å²) >= 11 is 7.56. The molecule has 1 aliphatic carbocycles. The minimum absolute atomic E-state index is 0.268. The molecule has 2 heterocycles. The number of fused-ring (bicyclic) bond motifs is 2. The van der Waals surface area contributed by atoms with Gasteiger partial charge in [-0.1, -0.05) is 41.9 Å². The van der Waals surface area contributed by atoms with E-state index in [0.29, 0.717) is 21.2 Å². The number of halogens is 1. The molecule has 5 nitrogen and oxygen atoms in total. The molecule has 0 bridgehead atoms. The third-order valence-electron chi connectivity index (χ3n) is 6.27. The molecule has 34 heavy (non-hydrogen) atoms. The number of carbonyl (C=O) groups excluding carboxylic acids is 2. The highest BCUT2D eigenvalue weighted by Gasteiger charge is 2.28. The smallest absolute Gasteiger partial charge is 0.341 e. The van der Waals surface area contributed by atoms with Crippen LogP contribution in [0.4, 0.5) is 5.00 Å². The number of hydrogen-bond donors (Lipinski definition) is 1. The summed E-state index contributed by atoms with van der Waals surface area (Å²) in [6.07, 6.45) is 3.85. The number of ether oxygens (including phenoxy) is 1.